The van der Waals surface area contributed by atoms with Crippen molar-refractivity contribution in [2.75, 3.05) is 27.9 Å². The molecule has 9 nitrogen and oxygen atoms in total. The van der Waals surface area contributed by atoms with E-state index in [0.29, 0.717) is 28.4 Å². The van der Waals surface area contributed by atoms with E-state index in [1.807, 2.05) is 6.07 Å². The first-order valence-electron chi connectivity index (χ1n) is 9.59. The minimum absolute atomic E-state index is 0.148. The lowest BCUT2D eigenvalue weighted by molar-refractivity contribution is -0.134. The van der Waals surface area contributed by atoms with Crippen LogP contribution in [-0.2, 0) is 21.7 Å². The fourth-order valence-electron chi connectivity index (χ4n) is 3.45. The van der Waals surface area contributed by atoms with Crippen LogP contribution in [0, 0.1) is 0 Å². The van der Waals surface area contributed by atoms with Gasteiger partial charge in [-0.15, -0.1) is 0 Å². The van der Waals surface area contributed by atoms with E-state index in [9.17, 15) is 14.4 Å². The molecule has 4 amide bonds. The Kier molecular flexibility index (Phi) is 6.33. The Morgan fingerprint density at radius 3 is 2.19 bits per heavy atom. The highest BCUT2D eigenvalue weighted by Crippen LogP contribution is 2.38. The van der Waals surface area contributed by atoms with Gasteiger partial charge in [-0.2, -0.15) is 0 Å². The van der Waals surface area contributed by atoms with Gasteiger partial charge in [-0.05, 0) is 30.2 Å². The second kappa shape index (κ2) is 8.95. The van der Waals surface area contributed by atoms with Crippen LogP contribution in [0.1, 0.15) is 18.1 Å². The van der Waals surface area contributed by atoms with Crippen molar-refractivity contribution in [3.8, 4) is 17.2 Å². The number of carbonyl (C=O) groups is 3. The second-order valence-electron chi connectivity index (χ2n) is 7.12. The Morgan fingerprint density at radius 1 is 1.03 bits per heavy atom. The molecule has 1 unspecified atom stereocenters. The fraction of sp³-hybridized carbons (Fsp3) is 0.318. The molecule has 0 spiro atoms. The van der Waals surface area contributed by atoms with Crippen LogP contribution < -0.4 is 24.8 Å². The van der Waals surface area contributed by atoms with E-state index in [-0.39, 0.29) is 6.54 Å². The lowest BCUT2D eigenvalue weighted by atomic mass is 9.92. The van der Waals surface area contributed by atoms with Gasteiger partial charge in [0.15, 0.2) is 11.5 Å². The number of methoxy groups -OCH3 is 3. The molecule has 9 heteroatoms. The minimum atomic E-state index is -1.21. The standard InChI is InChI=1S/C22H25N3O6/c1-22(15-8-6-5-7-9-15)20(27)25(21(28)24-22)13-18(26)23-12-14-10-16(29-2)19(31-4)17(11-14)30-3/h5-11H,12-13H2,1-4H3,(H,23,26)(H,24,28). The Hall–Kier alpha value is -3.75. The largest absolute Gasteiger partial charge is 0.493 e. The number of ether oxygens (including phenoxy) is 3. The molecule has 1 atom stereocenters. The van der Waals surface area contributed by atoms with Crippen LogP contribution in [0.25, 0.3) is 0 Å². The zero-order valence-electron chi connectivity index (χ0n) is 17.9. The van der Waals surface area contributed by atoms with Gasteiger partial charge in [-0.1, -0.05) is 30.3 Å². The molecule has 0 radical (unpaired) electrons. The molecular weight excluding hydrogens is 402 g/mol. The highest BCUT2D eigenvalue weighted by Gasteiger charge is 2.49. The van der Waals surface area contributed by atoms with Crippen molar-refractivity contribution in [2.45, 2.75) is 19.0 Å². The van der Waals surface area contributed by atoms with E-state index in [2.05, 4.69) is 10.6 Å². The molecule has 1 heterocycles. The van der Waals surface area contributed by atoms with E-state index in [4.69, 9.17) is 14.2 Å². The smallest absolute Gasteiger partial charge is 0.325 e. The maximum Gasteiger partial charge on any atom is 0.325 e. The molecule has 2 N–H and O–H groups in total. The molecule has 164 valence electrons. The van der Waals surface area contributed by atoms with Crippen LogP contribution in [0.2, 0.25) is 0 Å². The number of urea groups is 1. The molecule has 1 aliphatic heterocycles. The van der Waals surface area contributed by atoms with Gasteiger partial charge in [-0.3, -0.25) is 14.5 Å². The maximum absolute atomic E-state index is 12.9. The first kappa shape index (κ1) is 21.9. The van der Waals surface area contributed by atoms with Crippen LogP contribution in [-0.4, -0.2) is 50.6 Å². The summed E-state index contributed by atoms with van der Waals surface area (Å²) in [4.78, 5) is 38.7. The predicted octanol–water partition coefficient (Wildman–Crippen LogP) is 1.80. The second-order valence-corrected chi connectivity index (χ2v) is 7.12. The van der Waals surface area contributed by atoms with Gasteiger partial charge in [-0.25, -0.2) is 4.79 Å². The summed E-state index contributed by atoms with van der Waals surface area (Å²) < 4.78 is 15.9. The van der Waals surface area contributed by atoms with Gasteiger partial charge in [0.2, 0.25) is 11.7 Å². The van der Waals surface area contributed by atoms with Gasteiger partial charge in [0.25, 0.3) is 5.91 Å². The normalized spacial score (nSPS) is 17.9. The van der Waals surface area contributed by atoms with Crippen molar-refractivity contribution >= 4 is 17.8 Å². The molecule has 0 saturated carbocycles. The Labute approximate surface area is 180 Å². The number of amides is 4. The number of nitrogens with one attached hydrogen (secondary N) is 2. The highest BCUT2D eigenvalue weighted by atomic mass is 16.5. The third-order valence-electron chi connectivity index (χ3n) is 5.14. The SMILES string of the molecule is COc1cc(CNC(=O)CN2C(=O)NC(C)(c3ccccc3)C2=O)cc(OC)c1OC. The van der Waals surface area contributed by atoms with E-state index < -0.39 is 29.9 Å². The van der Waals surface area contributed by atoms with E-state index in [1.54, 1.807) is 43.3 Å². The molecule has 0 aliphatic carbocycles. The lowest BCUT2D eigenvalue weighted by Gasteiger charge is -2.22. The van der Waals surface area contributed by atoms with Crippen molar-refractivity contribution in [1.82, 2.24) is 15.5 Å². The van der Waals surface area contributed by atoms with Crippen molar-refractivity contribution in [3.63, 3.8) is 0 Å². The van der Waals surface area contributed by atoms with E-state index in [1.165, 1.54) is 21.3 Å². The third kappa shape index (κ3) is 4.25. The van der Waals surface area contributed by atoms with Crippen LogP contribution >= 0.6 is 0 Å². The number of rotatable bonds is 8. The molecule has 1 saturated heterocycles. The molecule has 0 aromatic heterocycles. The molecule has 1 aliphatic rings. The molecular formula is C22H25N3O6. The van der Waals surface area contributed by atoms with E-state index >= 15 is 0 Å². The summed E-state index contributed by atoms with van der Waals surface area (Å²) in [6.45, 7) is 1.38. The molecule has 0 bridgehead atoms. The minimum Gasteiger partial charge on any atom is -0.493 e. The zero-order chi connectivity index (χ0) is 22.6. The average molecular weight is 427 g/mol. The average Bonchev–Trinajstić information content (AvgIpc) is 3.01. The Balaban J connectivity index is 1.68. The first-order chi connectivity index (χ1) is 14.8. The van der Waals surface area contributed by atoms with Gasteiger partial charge >= 0.3 is 6.03 Å². The maximum atomic E-state index is 12.9. The summed E-state index contributed by atoms with van der Waals surface area (Å²) in [5.74, 6) is 0.401. The van der Waals surface area contributed by atoms with Gasteiger partial charge < -0.3 is 24.8 Å². The van der Waals surface area contributed by atoms with Crippen LogP contribution in [0.5, 0.6) is 17.2 Å². The van der Waals surface area contributed by atoms with Gasteiger partial charge in [0, 0.05) is 6.54 Å². The van der Waals surface area contributed by atoms with Gasteiger partial charge in [0.1, 0.15) is 12.1 Å². The highest BCUT2D eigenvalue weighted by molar-refractivity contribution is 6.09. The summed E-state index contributed by atoms with van der Waals surface area (Å²) in [5, 5.41) is 5.39. The summed E-state index contributed by atoms with van der Waals surface area (Å²) in [6.07, 6.45) is 0. The number of benzene rings is 2. The summed E-state index contributed by atoms with van der Waals surface area (Å²) >= 11 is 0. The fourth-order valence-corrected chi connectivity index (χ4v) is 3.45. The monoisotopic (exact) mass is 427 g/mol. The van der Waals surface area contributed by atoms with Crippen LogP contribution in [0.15, 0.2) is 42.5 Å². The molecule has 2 aromatic rings. The number of imide groups is 1. The summed E-state index contributed by atoms with van der Waals surface area (Å²) in [5.41, 5.74) is 0.137. The number of hydrogen-bond acceptors (Lipinski definition) is 6. The Bertz CT molecular complexity index is 969. The zero-order valence-corrected chi connectivity index (χ0v) is 17.9. The van der Waals surface area contributed by atoms with E-state index in [0.717, 1.165) is 4.90 Å². The number of nitrogens with zero attached hydrogens (tertiary/aromatic N) is 1. The van der Waals surface area contributed by atoms with Crippen molar-refractivity contribution in [3.05, 3.63) is 53.6 Å². The molecule has 31 heavy (non-hydrogen) atoms. The first-order valence-corrected chi connectivity index (χ1v) is 9.59. The summed E-state index contributed by atoms with van der Waals surface area (Å²) in [7, 11) is 4.51. The number of carbonyl (C=O) groups excluding carboxylic acids is 3. The van der Waals surface area contributed by atoms with Gasteiger partial charge in [0.05, 0.1) is 21.3 Å². The molecule has 3 rings (SSSR count). The lowest BCUT2D eigenvalue weighted by Crippen LogP contribution is -2.43. The summed E-state index contributed by atoms with van der Waals surface area (Å²) in [6, 6.07) is 11.7. The van der Waals surface area contributed by atoms with Crippen LogP contribution in [0.4, 0.5) is 4.79 Å². The van der Waals surface area contributed by atoms with Crippen LogP contribution in [0.3, 0.4) is 0 Å². The predicted molar refractivity (Wildman–Crippen MR) is 112 cm³/mol. The Morgan fingerprint density at radius 2 is 1.65 bits per heavy atom. The topological polar surface area (TPSA) is 106 Å². The number of hydrogen-bond donors (Lipinski definition) is 2. The van der Waals surface area contributed by atoms with Crippen molar-refractivity contribution in [1.29, 1.82) is 0 Å². The quantitative estimate of drug-likeness (QED) is 0.623. The molecule has 2 aromatic carbocycles. The third-order valence-corrected chi connectivity index (χ3v) is 5.14. The van der Waals surface area contributed by atoms with Crippen molar-refractivity contribution < 1.29 is 28.6 Å². The van der Waals surface area contributed by atoms with Crippen molar-refractivity contribution in [2.24, 2.45) is 0 Å². The molecule has 1 fully saturated rings.